The number of pyridine rings is 1. The van der Waals surface area contributed by atoms with Crippen LogP contribution in [0.4, 0.5) is 0 Å². The van der Waals surface area contributed by atoms with Crippen molar-refractivity contribution in [2.45, 2.75) is 6.42 Å². The quantitative estimate of drug-likeness (QED) is 0.740. The molecular weight excluding hydrogens is 252 g/mol. The first-order valence-corrected chi connectivity index (χ1v) is 5.91. The molecule has 0 bridgehead atoms. The molecule has 0 unspecified atom stereocenters. The van der Waals surface area contributed by atoms with Crippen LogP contribution in [0.25, 0.3) is 10.9 Å². The van der Waals surface area contributed by atoms with Gasteiger partial charge in [-0.2, -0.15) is 5.26 Å². The summed E-state index contributed by atoms with van der Waals surface area (Å²) in [6.07, 6.45) is 0.246. The number of ether oxygens (including phenoxy) is 2. The second-order valence-corrected chi connectivity index (χ2v) is 4.32. The number of nitriles is 1. The van der Waals surface area contributed by atoms with Crippen LogP contribution in [0.1, 0.15) is 5.56 Å². The van der Waals surface area contributed by atoms with Crippen LogP contribution in [-0.2, 0) is 6.42 Å². The van der Waals surface area contributed by atoms with Crippen LogP contribution < -0.4 is 9.47 Å². The van der Waals surface area contributed by atoms with E-state index in [1.165, 1.54) is 0 Å². The summed E-state index contributed by atoms with van der Waals surface area (Å²) in [5.74, 6) is 1.39. The van der Waals surface area contributed by atoms with E-state index < -0.39 is 0 Å². The Balaban J connectivity index is 2.19. The minimum absolute atomic E-state index is 0.246. The van der Waals surface area contributed by atoms with Crippen LogP contribution in [0.3, 0.4) is 0 Å². The maximum absolute atomic E-state index is 8.73. The highest BCUT2D eigenvalue weighted by Crippen LogP contribution is 2.35. The summed E-state index contributed by atoms with van der Waals surface area (Å²) in [7, 11) is 0. The van der Waals surface area contributed by atoms with E-state index in [1.807, 2.05) is 18.2 Å². The lowest BCUT2D eigenvalue weighted by Crippen LogP contribution is -2.15. The Morgan fingerprint density at radius 1 is 1.22 bits per heavy atom. The van der Waals surface area contributed by atoms with Crippen LogP contribution in [0, 0.1) is 11.3 Å². The predicted molar refractivity (Wildman–Crippen MR) is 67.1 cm³/mol. The number of hydrogen-bond donors (Lipinski definition) is 0. The molecule has 2 aromatic rings. The van der Waals surface area contributed by atoms with Gasteiger partial charge >= 0.3 is 0 Å². The molecule has 0 spiro atoms. The summed E-state index contributed by atoms with van der Waals surface area (Å²) in [4.78, 5) is 4.28. The van der Waals surface area contributed by atoms with E-state index in [-0.39, 0.29) is 6.42 Å². The van der Waals surface area contributed by atoms with Crippen molar-refractivity contribution in [3.63, 3.8) is 0 Å². The van der Waals surface area contributed by atoms with Gasteiger partial charge in [-0.05, 0) is 12.1 Å². The molecule has 0 fully saturated rings. The lowest BCUT2D eigenvalue weighted by molar-refractivity contribution is 0.172. The first-order chi connectivity index (χ1) is 8.78. The highest BCUT2D eigenvalue weighted by atomic mass is 35.5. The van der Waals surface area contributed by atoms with Gasteiger partial charge in [0.1, 0.15) is 18.4 Å². The van der Waals surface area contributed by atoms with Gasteiger partial charge in [-0.1, -0.05) is 11.6 Å². The topological polar surface area (TPSA) is 55.1 Å². The van der Waals surface area contributed by atoms with E-state index in [4.69, 9.17) is 26.3 Å². The molecule has 2 heterocycles. The SMILES string of the molecule is N#CCc1cc2cc3c(cc2nc1Cl)OCCO3. The zero-order valence-corrected chi connectivity index (χ0v) is 10.2. The van der Waals surface area contributed by atoms with Crippen LogP contribution >= 0.6 is 11.6 Å². The monoisotopic (exact) mass is 260 g/mol. The molecule has 18 heavy (non-hydrogen) atoms. The van der Waals surface area contributed by atoms with Crippen molar-refractivity contribution in [2.24, 2.45) is 0 Å². The summed E-state index contributed by atoms with van der Waals surface area (Å²) in [6.45, 7) is 1.09. The van der Waals surface area contributed by atoms with Crippen LogP contribution in [0.2, 0.25) is 5.15 Å². The van der Waals surface area contributed by atoms with Gasteiger partial charge in [0.2, 0.25) is 0 Å². The summed E-state index contributed by atoms with van der Waals surface area (Å²) in [5.41, 5.74) is 1.47. The van der Waals surface area contributed by atoms with Gasteiger partial charge in [-0.15, -0.1) is 0 Å². The number of nitrogens with zero attached hydrogens (tertiary/aromatic N) is 2. The zero-order valence-electron chi connectivity index (χ0n) is 9.44. The predicted octanol–water partition coefficient (Wildman–Crippen LogP) is 2.73. The highest BCUT2D eigenvalue weighted by molar-refractivity contribution is 6.30. The fourth-order valence-corrected chi connectivity index (χ4v) is 2.15. The Bertz CT molecular complexity index is 664. The Labute approximate surface area is 109 Å². The van der Waals surface area contributed by atoms with Crippen molar-refractivity contribution < 1.29 is 9.47 Å². The molecule has 0 amide bonds. The summed E-state index contributed by atoms with van der Waals surface area (Å²) in [6, 6.07) is 7.62. The van der Waals surface area contributed by atoms with E-state index in [9.17, 15) is 0 Å². The standard InChI is InChI=1S/C13H9ClN2O2/c14-13-8(1-2-15)5-9-6-11-12(7-10(9)16-13)18-4-3-17-11/h5-7H,1,3-4H2. The molecule has 1 aliphatic rings. The average Bonchev–Trinajstić information content (AvgIpc) is 2.38. The minimum atomic E-state index is 0.246. The van der Waals surface area contributed by atoms with E-state index in [0.29, 0.717) is 29.9 Å². The van der Waals surface area contributed by atoms with Crippen LogP contribution in [0.15, 0.2) is 18.2 Å². The summed E-state index contributed by atoms with van der Waals surface area (Å²) in [5, 5.41) is 9.99. The number of benzene rings is 1. The largest absolute Gasteiger partial charge is 0.486 e. The maximum Gasteiger partial charge on any atom is 0.163 e. The van der Waals surface area contributed by atoms with Crippen molar-refractivity contribution in [3.05, 3.63) is 28.9 Å². The zero-order chi connectivity index (χ0) is 12.5. The summed E-state index contributed by atoms with van der Waals surface area (Å²) < 4.78 is 11.0. The molecule has 0 saturated carbocycles. The number of hydrogen-bond acceptors (Lipinski definition) is 4. The number of fused-ring (bicyclic) bond motifs is 2. The van der Waals surface area contributed by atoms with E-state index in [2.05, 4.69) is 11.1 Å². The van der Waals surface area contributed by atoms with Gasteiger partial charge in [0.25, 0.3) is 0 Å². The van der Waals surface area contributed by atoms with Crippen molar-refractivity contribution in [1.82, 2.24) is 4.98 Å². The van der Waals surface area contributed by atoms with Crippen molar-refractivity contribution in [3.8, 4) is 17.6 Å². The van der Waals surface area contributed by atoms with E-state index in [0.717, 1.165) is 16.5 Å². The minimum Gasteiger partial charge on any atom is -0.486 e. The van der Waals surface area contributed by atoms with Gasteiger partial charge in [0.05, 0.1) is 18.0 Å². The highest BCUT2D eigenvalue weighted by Gasteiger charge is 2.14. The third-order valence-electron chi connectivity index (χ3n) is 2.77. The molecule has 0 aliphatic carbocycles. The Kier molecular flexibility index (Phi) is 2.69. The third-order valence-corrected chi connectivity index (χ3v) is 3.10. The summed E-state index contributed by atoms with van der Waals surface area (Å²) >= 11 is 6.03. The second kappa shape index (κ2) is 4.35. The lowest BCUT2D eigenvalue weighted by atomic mass is 10.1. The van der Waals surface area contributed by atoms with E-state index >= 15 is 0 Å². The average molecular weight is 261 g/mol. The van der Waals surface area contributed by atoms with E-state index in [1.54, 1.807) is 0 Å². The van der Waals surface area contributed by atoms with Crippen LogP contribution in [-0.4, -0.2) is 18.2 Å². The first-order valence-electron chi connectivity index (χ1n) is 5.53. The van der Waals surface area contributed by atoms with Crippen LogP contribution in [0.5, 0.6) is 11.5 Å². The maximum atomic E-state index is 8.73. The first kappa shape index (κ1) is 11.1. The Morgan fingerprint density at radius 2 is 1.94 bits per heavy atom. The van der Waals surface area contributed by atoms with Crippen molar-refractivity contribution in [1.29, 1.82) is 5.26 Å². The smallest absolute Gasteiger partial charge is 0.163 e. The molecular formula is C13H9ClN2O2. The molecule has 90 valence electrons. The van der Waals surface area contributed by atoms with Gasteiger partial charge < -0.3 is 9.47 Å². The van der Waals surface area contributed by atoms with Gasteiger partial charge in [-0.25, -0.2) is 4.98 Å². The molecule has 0 saturated heterocycles. The molecule has 0 atom stereocenters. The molecule has 1 aliphatic heterocycles. The fourth-order valence-electron chi connectivity index (χ4n) is 1.94. The molecule has 5 heteroatoms. The number of aromatic nitrogens is 1. The molecule has 3 rings (SSSR count). The molecule has 4 nitrogen and oxygen atoms in total. The van der Waals surface area contributed by atoms with Gasteiger partial charge in [-0.3, -0.25) is 0 Å². The van der Waals surface area contributed by atoms with Crippen molar-refractivity contribution >= 4 is 22.5 Å². The van der Waals surface area contributed by atoms with Gasteiger partial charge in [0.15, 0.2) is 11.5 Å². The van der Waals surface area contributed by atoms with Crippen molar-refractivity contribution in [2.75, 3.05) is 13.2 Å². The Hall–Kier alpha value is -1.99. The second-order valence-electron chi connectivity index (χ2n) is 3.96. The lowest BCUT2D eigenvalue weighted by Gasteiger charge is -2.18. The normalized spacial score (nSPS) is 13.3. The molecule has 1 aromatic carbocycles. The fraction of sp³-hybridized carbons (Fsp3) is 0.231. The number of halogens is 1. The third kappa shape index (κ3) is 1.83. The molecule has 0 N–H and O–H groups in total. The Morgan fingerprint density at radius 3 is 2.67 bits per heavy atom. The number of rotatable bonds is 1. The molecule has 1 aromatic heterocycles. The van der Waals surface area contributed by atoms with Gasteiger partial charge in [0, 0.05) is 17.0 Å². The molecule has 0 radical (unpaired) electrons.